The zero-order valence-corrected chi connectivity index (χ0v) is 20.5. The number of hydrogen-bond acceptors (Lipinski definition) is 6. The van der Waals surface area contributed by atoms with Crippen molar-refractivity contribution in [2.45, 2.75) is 76.8 Å². The van der Waals surface area contributed by atoms with E-state index in [4.69, 9.17) is 9.47 Å². The molecule has 4 rings (SSSR count). The molecule has 8 heteroatoms. The molecule has 0 saturated carbocycles. The lowest BCUT2D eigenvalue weighted by atomic mass is 9.66. The van der Waals surface area contributed by atoms with Crippen molar-refractivity contribution in [1.82, 2.24) is 10.2 Å². The molecule has 3 aliphatic rings. The van der Waals surface area contributed by atoms with Gasteiger partial charge in [-0.1, -0.05) is 44.2 Å². The van der Waals surface area contributed by atoms with Gasteiger partial charge in [0.05, 0.1) is 30.8 Å². The standard InChI is InChI=1S/C26H36N2O6/c1-5-33-24(32)20-19-23(31)28(18(15-29)13-16(2)3)21(26(19)12-11-25(20,4)34-26)22(30)27-14-17-9-7-6-8-10-17/h6-10,16,18-21,29H,5,11-15H2,1-4H3,(H,27,30)/t18-,19+,20-,21?,25+,26?/m1/s1. The van der Waals surface area contributed by atoms with Crippen LogP contribution >= 0.6 is 0 Å². The molecule has 2 amide bonds. The maximum atomic E-state index is 14.0. The molecule has 0 aromatic heterocycles. The number of benzene rings is 1. The van der Waals surface area contributed by atoms with Crippen LogP contribution in [0, 0.1) is 17.8 Å². The van der Waals surface area contributed by atoms with Crippen molar-refractivity contribution in [3.63, 3.8) is 0 Å². The second-order valence-corrected chi connectivity index (χ2v) is 10.4. The zero-order chi connectivity index (χ0) is 24.7. The first-order valence-electron chi connectivity index (χ1n) is 12.3. The molecular weight excluding hydrogens is 436 g/mol. The topological polar surface area (TPSA) is 105 Å². The Bertz CT molecular complexity index is 936. The molecule has 34 heavy (non-hydrogen) atoms. The molecule has 6 atom stereocenters. The lowest BCUT2D eigenvalue weighted by Gasteiger charge is -2.37. The Morgan fingerprint density at radius 1 is 1.26 bits per heavy atom. The lowest BCUT2D eigenvalue weighted by Crippen LogP contribution is -2.58. The van der Waals surface area contributed by atoms with Gasteiger partial charge in [0.1, 0.15) is 17.6 Å². The number of ether oxygens (including phenoxy) is 2. The van der Waals surface area contributed by atoms with Crippen molar-refractivity contribution < 1.29 is 29.0 Å². The van der Waals surface area contributed by atoms with Crippen LogP contribution in [0.3, 0.4) is 0 Å². The van der Waals surface area contributed by atoms with Crippen LogP contribution in [0.5, 0.6) is 0 Å². The Balaban J connectivity index is 1.72. The van der Waals surface area contributed by atoms with Crippen molar-refractivity contribution in [2.75, 3.05) is 13.2 Å². The molecule has 3 saturated heterocycles. The van der Waals surface area contributed by atoms with Crippen LogP contribution in [-0.4, -0.2) is 64.3 Å². The molecule has 2 unspecified atom stereocenters. The minimum absolute atomic E-state index is 0.200. The highest BCUT2D eigenvalue weighted by atomic mass is 16.6. The minimum Gasteiger partial charge on any atom is -0.466 e. The second-order valence-electron chi connectivity index (χ2n) is 10.4. The summed E-state index contributed by atoms with van der Waals surface area (Å²) in [7, 11) is 0. The SMILES string of the molecule is CCOC(=O)[C@H]1[C@H]2C(=O)N([C@@H](CO)CC(C)C)C(C(=O)NCc3ccccc3)C23CC[C@]1(C)O3. The molecule has 186 valence electrons. The Labute approximate surface area is 201 Å². The number of nitrogens with one attached hydrogen (secondary N) is 1. The number of esters is 1. The number of carbonyl (C=O) groups is 3. The predicted molar refractivity (Wildman–Crippen MR) is 124 cm³/mol. The molecule has 8 nitrogen and oxygen atoms in total. The van der Waals surface area contributed by atoms with Crippen molar-refractivity contribution >= 4 is 17.8 Å². The van der Waals surface area contributed by atoms with Gasteiger partial charge in [0.2, 0.25) is 11.8 Å². The number of hydrogen-bond donors (Lipinski definition) is 2. The number of amides is 2. The summed E-state index contributed by atoms with van der Waals surface area (Å²) in [6.45, 7) is 7.85. The largest absolute Gasteiger partial charge is 0.466 e. The first kappa shape index (κ1) is 24.7. The van der Waals surface area contributed by atoms with Gasteiger partial charge >= 0.3 is 5.97 Å². The Hall–Kier alpha value is -2.45. The van der Waals surface area contributed by atoms with Crippen molar-refractivity contribution in [3.8, 4) is 0 Å². The van der Waals surface area contributed by atoms with Crippen LogP contribution in [0.1, 0.15) is 52.5 Å². The van der Waals surface area contributed by atoms with Crippen molar-refractivity contribution in [1.29, 1.82) is 0 Å². The van der Waals surface area contributed by atoms with Crippen LogP contribution in [0.25, 0.3) is 0 Å². The summed E-state index contributed by atoms with van der Waals surface area (Å²) < 4.78 is 11.9. The van der Waals surface area contributed by atoms with Crippen molar-refractivity contribution in [3.05, 3.63) is 35.9 Å². The summed E-state index contributed by atoms with van der Waals surface area (Å²) in [5.74, 6) is -2.47. The summed E-state index contributed by atoms with van der Waals surface area (Å²) in [4.78, 5) is 42.2. The maximum absolute atomic E-state index is 14.0. The van der Waals surface area contributed by atoms with Crippen LogP contribution < -0.4 is 5.32 Å². The Morgan fingerprint density at radius 3 is 2.59 bits per heavy atom. The third-order valence-corrected chi connectivity index (χ3v) is 7.66. The summed E-state index contributed by atoms with van der Waals surface area (Å²) in [5.41, 5.74) is -1.03. The maximum Gasteiger partial charge on any atom is 0.312 e. The molecule has 3 aliphatic heterocycles. The highest BCUT2D eigenvalue weighted by Crippen LogP contribution is 2.63. The molecule has 2 N–H and O–H groups in total. The Morgan fingerprint density at radius 2 is 1.97 bits per heavy atom. The van der Waals surface area contributed by atoms with Gasteiger partial charge in [-0.3, -0.25) is 14.4 Å². The van der Waals surface area contributed by atoms with E-state index in [9.17, 15) is 19.5 Å². The number of rotatable bonds is 9. The molecule has 1 aromatic rings. The molecule has 3 fully saturated rings. The smallest absolute Gasteiger partial charge is 0.312 e. The van der Waals surface area contributed by atoms with Gasteiger partial charge in [0.15, 0.2) is 0 Å². The first-order valence-corrected chi connectivity index (χ1v) is 12.3. The molecule has 0 aliphatic carbocycles. The fraction of sp³-hybridized carbons (Fsp3) is 0.654. The van der Waals surface area contributed by atoms with Crippen molar-refractivity contribution in [2.24, 2.45) is 17.8 Å². The third-order valence-electron chi connectivity index (χ3n) is 7.66. The fourth-order valence-electron chi connectivity index (χ4n) is 6.35. The van der Waals surface area contributed by atoms with Gasteiger partial charge in [0.25, 0.3) is 0 Å². The molecule has 3 heterocycles. The highest BCUT2D eigenvalue weighted by molar-refractivity contribution is 5.98. The number of aliphatic hydroxyl groups is 1. The normalized spacial score (nSPS) is 32.7. The quantitative estimate of drug-likeness (QED) is 0.533. The second kappa shape index (κ2) is 9.30. The summed E-state index contributed by atoms with van der Waals surface area (Å²) in [6.07, 6.45) is 1.59. The predicted octanol–water partition coefficient (Wildman–Crippen LogP) is 2.04. The zero-order valence-electron chi connectivity index (χ0n) is 20.5. The van der Waals surface area contributed by atoms with Gasteiger partial charge in [-0.05, 0) is 44.6 Å². The number of carbonyl (C=O) groups excluding carboxylic acids is 3. The molecular formula is C26H36N2O6. The third kappa shape index (κ3) is 3.90. The molecule has 0 radical (unpaired) electrons. The van der Waals surface area contributed by atoms with E-state index in [-0.39, 0.29) is 30.9 Å². The average Bonchev–Trinajstić information content (AvgIpc) is 3.37. The van der Waals surface area contributed by atoms with E-state index in [0.29, 0.717) is 25.8 Å². The number of likely N-dealkylation sites (tertiary alicyclic amines) is 1. The van der Waals surface area contributed by atoms with E-state index < -0.39 is 41.1 Å². The number of nitrogens with zero attached hydrogens (tertiary/aromatic N) is 1. The molecule has 1 aromatic carbocycles. The van der Waals surface area contributed by atoms with E-state index in [2.05, 4.69) is 5.32 Å². The van der Waals surface area contributed by atoms with E-state index in [1.807, 2.05) is 51.1 Å². The number of fused-ring (bicyclic) bond motifs is 1. The van der Waals surface area contributed by atoms with Gasteiger partial charge in [-0.15, -0.1) is 0 Å². The Kier molecular flexibility index (Phi) is 6.75. The molecule has 2 bridgehead atoms. The van der Waals surface area contributed by atoms with E-state index in [1.165, 1.54) is 4.90 Å². The van der Waals surface area contributed by atoms with E-state index in [0.717, 1.165) is 5.56 Å². The molecule has 1 spiro atoms. The van der Waals surface area contributed by atoms with Crippen LogP contribution in [0.4, 0.5) is 0 Å². The monoisotopic (exact) mass is 472 g/mol. The van der Waals surface area contributed by atoms with Gasteiger partial charge < -0.3 is 24.8 Å². The van der Waals surface area contributed by atoms with E-state index >= 15 is 0 Å². The van der Waals surface area contributed by atoms with Crippen LogP contribution in [0.2, 0.25) is 0 Å². The van der Waals surface area contributed by atoms with Crippen LogP contribution in [0.15, 0.2) is 30.3 Å². The van der Waals surface area contributed by atoms with E-state index in [1.54, 1.807) is 6.92 Å². The lowest BCUT2D eigenvalue weighted by molar-refractivity contribution is -0.160. The van der Waals surface area contributed by atoms with Gasteiger partial charge in [-0.2, -0.15) is 0 Å². The van der Waals surface area contributed by atoms with Crippen LogP contribution in [-0.2, 0) is 30.4 Å². The highest BCUT2D eigenvalue weighted by Gasteiger charge is 2.78. The number of aliphatic hydroxyl groups excluding tert-OH is 1. The van der Waals surface area contributed by atoms with Gasteiger partial charge in [-0.25, -0.2) is 0 Å². The summed E-state index contributed by atoms with van der Waals surface area (Å²) >= 11 is 0. The first-order chi connectivity index (χ1) is 16.2. The minimum atomic E-state index is -1.12. The average molecular weight is 473 g/mol. The van der Waals surface area contributed by atoms with Gasteiger partial charge in [0, 0.05) is 6.54 Å². The summed E-state index contributed by atoms with van der Waals surface area (Å²) in [6, 6.07) is 8.08. The summed E-state index contributed by atoms with van der Waals surface area (Å²) in [5, 5.41) is 13.2. The fourth-order valence-corrected chi connectivity index (χ4v) is 6.35.